The van der Waals surface area contributed by atoms with Gasteiger partial charge in [0.25, 0.3) is 0 Å². The lowest BCUT2D eigenvalue weighted by Gasteiger charge is -2.30. The molecule has 1 N–H and O–H groups in total. The molecular formula is C13H27NO. The third-order valence-corrected chi connectivity index (χ3v) is 3.60. The second kappa shape index (κ2) is 8.12. The second-order valence-corrected chi connectivity index (χ2v) is 4.63. The van der Waals surface area contributed by atoms with Crippen LogP contribution in [-0.2, 0) is 4.74 Å². The van der Waals surface area contributed by atoms with Crippen LogP contribution < -0.4 is 5.32 Å². The first-order valence-electron chi connectivity index (χ1n) is 6.63. The molecule has 1 atom stereocenters. The lowest BCUT2D eigenvalue weighted by molar-refractivity contribution is 0.136. The fourth-order valence-corrected chi connectivity index (χ4v) is 2.70. The molecule has 0 saturated heterocycles. The summed E-state index contributed by atoms with van der Waals surface area (Å²) in [6.45, 7) is 3.85. The first kappa shape index (κ1) is 13.0. The van der Waals surface area contributed by atoms with Gasteiger partial charge in [-0.3, -0.25) is 0 Å². The van der Waals surface area contributed by atoms with Gasteiger partial charge in [0.05, 0.1) is 0 Å². The summed E-state index contributed by atoms with van der Waals surface area (Å²) < 4.78 is 5.39. The first-order valence-corrected chi connectivity index (χ1v) is 6.63. The van der Waals surface area contributed by atoms with Crippen LogP contribution in [0.15, 0.2) is 0 Å². The number of ether oxygens (including phenoxy) is 1. The van der Waals surface area contributed by atoms with E-state index in [4.69, 9.17) is 4.74 Å². The molecule has 90 valence electrons. The summed E-state index contributed by atoms with van der Waals surface area (Å²) in [6.07, 6.45) is 9.67. The topological polar surface area (TPSA) is 21.3 Å². The van der Waals surface area contributed by atoms with Gasteiger partial charge in [-0.1, -0.05) is 19.3 Å². The fraction of sp³-hybridized carbons (Fsp3) is 1.00. The summed E-state index contributed by atoms with van der Waals surface area (Å²) in [5.41, 5.74) is 0. The highest BCUT2D eigenvalue weighted by Gasteiger charge is 2.21. The molecule has 0 aromatic carbocycles. The summed E-state index contributed by atoms with van der Waals surface area (Å²) >= 11 is 0. The Bertz CT molecular complexity index is 143. The van der Waals surface area contributed by atoms with Crippen molar-refractivity contribution in [3.8, 4) is 0 Å². The van der Waals surface area contributed by atoms with E-state index >= 15 is 0 Å². The second-order valence-electron chi connectivity index (χ2n) is 4.63. The summed E-state index contributed by atoms with van der Waals surface area (Å²) in [7, 11) is 2.11. The van der Waals surface area contributed by atoms with Gasteiger partial charge in [0.1, 0.15) is 0 Å². The standard InChI is InChI=1S/C13H27NO/c1-3-15-11-7-10-13(14-2)12-8-5-4-6-9-12/h12-14H,3-11H2,1-2H3. The number of hydrogen-bond acceptors (Lipinski definition) is 2. The Morgan fingerprint density at radius 3 is 2.60 bits per heavy atom. The van der Waals surface area contributed by atoms with Crippen molar-refractivity contribution in [3.05, 3.63) is 0 Å². The Kier molecular flexibility index (Phi) is 7.03. The van der Waals surface area contributed by atoms with Crippen molar-refractivity contribution in [3.63, 3.8) is 0 Å². The van der Waals surface area contributed by atoms with Gasteiger partial charge in [-0.15, -0.1) is 0 Å². The van der Waals surface area contributed by atoms with Gasteiger partial charge in [-0.05, 0) is 45.6 Å². The van der Waals surface area contributed by atoms with E-state index in [0.717, 1.165) is 25.2 Å². The van der Waals surface area contributed by atoms with E-state index in [9.17, 15) is 0 Å². The Hall–Kier alpha value is -0.0800. The first-order chi connectivity index (χ1) is 7.38. The van der Waals surface area contributed by atoms with Crippen molar-refractivity contribution in [1.29, 1.82) is 0 Å². The van der Waals surface area contributed by atoms with Crippen LogP contribution in [-0.4, -0.2) is 26.3 Å². The van der Waals surface area contributed by atoms with Crippen molar-refractivity contribution in [2.24, 2.45) is 5.92 Å². The monoisotopic (exact) mass is 213 g/mol. The molecule has 0 heterocycles. The van der Waals surface area contributed by atoms with E-state index in [0.29, 0.717) is 0 Å². The van der Waals surface area contributed by atoms with Crippen LogP contribution in [0.5, 0.6) is 0 Å². The van der Waals surface area contributed by atoms with E-state index < -0.39 is 0 Å². The fourth-order valence-electron chi connectivity index (χ4n) is 2.70. The third kappa shape index (κ3) is 4.98. The molecule has 0 aliphatic heterocycles. The molecule has 1 aliphatic carbocycles. The summed E-state index contributed by atoms with van der Waals surface area (Å²) in [6, 6.07) is 0.728. The van der Waals surface area contributed by atoms with Crippen molar-refractivity contribution < 1.29 is 4.74 Å². The Morgan fingerprint density at radius 1 is 1.27 bits per heavy atom. The predicted octanol–water partition coefficient (Wildman–Crippen LogP) is 2.97. The van der Waals surface area contributed by atoms with Crippen LogP contribution in [0, 0.1) is 5.92 Å². The summed E-state index contributed by atoms with van der Waals surface area (Å²) in [5.74, 6) is 0.922. The molecule has 0 spiro atoms. The molecule has 1 rings (SSSR count). The van der Waals surface area contributed by atoms with Crippen LogP contribution in [0.2, 0.25) is 0 Å². The maximum Gasteiger partial charge on any atom is 0.0466 e. The molecule has 0 bridgehead atoms. The van der Waals surface area contributed by atoms with Gasteiger partial charge >= 0.3 is 0 Å². The average Bonchev–Trinajstić information content (AvgIpc) is 2.30. The Balaban J connectivity index is 2.15. The highest BCUT2D eigenvalue weighted by atomic mass is 16.5. The third-order valence-electron chi connectivity index (χ3n) is 3.60. The number of rotatable bonds is 7. The zero-order chi connectivity index (χ0) is 10.9. The van der Waals surface area contributed by atoms with Crippen LogP contribution in [0.1, 0.15) is 51.9 Å². The van der Waals surface area contributed by atoms with Crippen molar-refractivity contribution in [1.82, 2.24) is 5.32 Å². The highest BCUT2D eigenvalue weighted by Crippen LogP contribution is 2.28. The van der Waals surface area contributed by atoms with E-state index in [1.165, 1.54) is 44.9 Å². The van der Waals surface area contributed by atoms with E-state index in [1.807, 2.05) is 0 Å². The molecule has 0 aromatic rings. The minimum absolute atomic E-state index is 0.728. The van der Waals surface area contributed by atoms with Crippen molar-refractivity contribution >= 4 is 0 Å². The van der Waals surface area contributed by atoms with Crippen LogP contribution in [0.3, 0.4) is 0 Å². The molecule has 0 radical (unpaired) electrons. The molecule has 15 heavy (non-hydrogen) atoms. The van der Waals surface area contributed by atoms with Gasteiger partial charge in [-0.25, -0.2) is 0 Å². The molecule has 0 aromatic heterocycles. The maximum atomic E-state index is 5.39. The summed E-state index contributed by atoms with van der Waals surface area (Å²) in [4.78, 5) is 0. The van der Waals surface area contributed by atoms with Crippen LogP contribution in [0.25, 0.3) is 0 Å². The van der Waals surface area contributed by atoms with E-state index in [2.05, 4.69) is 19.3 Å². The van der Waals surface area contributed by atoms with Gasteiger partial charge in [0.15, 0.2) is 0 Å². The lowest BCUT2D eigenvalue weighted by atomic mass is 9.82. The molecular weight excluding hydrogens is 186 g/mol. The Morgan fingerprint density at radius 2 is 2.00 bits per heavy atom. The molecule has 2 heteroatoms. The summed E-state index contributed by atoms with van der Waals surface area (Å²) in [5, 5.41) is 3.49. The minimum Gasteiger partial charge on any atom is -0.382 e. The SMILES string of the molecule is CCOCCCC(NC)C1CCCCC1. The van der Waals surface area contributed by atoms with E-state index in [-0.39, 0.29) is 0 Å². The largest absolute Gasteiger partial charge is 0.382 e. The number of hydrogen-bond donors (Lipinski definition) is 1. The normalized spacial score (nSPS) is 20.4. The van der Waals surface area contributed by atoms with Gasteiger partial charge < -0.3 is 10.1 Å². The molecule has 0 amide bonds. The average molecular weight is 213 g/mol. The van der Waals surface area contributed by atoms with Gasteiger partial charge in [0.2, 0.25) is 0 Å². The lowest BCUT2D eigenvalue weighted by Crippen LogP contribution is -2.35. The molecule has 1 fully saturated rings. The smallest absolute Gasteiger partial charge is 0.0466 e. The van der Waals surface area contributed by atoms with Gasteiger partial charge in [-0.2, -0.15) is 0 Å². The van der Waals surface area contributed by atoms with Gasteiger partial charge in [0, 0.05) is 19.3 Å². The molecule has 1 aliphatic rings. The van der Waals surface area contributed by atoms with Crippen molar-refractivity contribution in [2.75, 3.05) is 20.3 Å². The van der Waals surface area contributed by atoms with Crippen LogP contribution >= 0.6 is 0 Å². The van der Waals surface area contributed by atoms with E-state index in [1.54, 1.807) is 0 Å². The maximum absolute atomic E-state index is 5.39. The van der Waals surface area contributed by atoms with Crippen molar-refractivity contribution in [2.45, 2.75) is 57.9 Å². The predicted molar refractivity (Wildman–Crippen MR) is 65.1 cm³/mol. The quantitative estimate of drug-likeness (QED) is 0.656. The highest BCUT2D eigenvalue weighted by molar-refractivity contribution is 4.78. The molecule has 1 unspecified atom stereocenters. The molecule has 1 saturated carbocycles. The molecule has 2 nitrogen and oxygen atoms in total. The zero-order valence-corrected chi connectivity index (χ0v) is 10.4. The Labute approximate surface area is 94.8 Å². The number of nitrogens with one attached hydrogen (secondary N) is 1. The zero-order valence-electron chi connectivity index (χ0n) is 10.4. The van der Waals surface area contributed by atoms with Crippen LogP contribution in [0.4, 0.5) is 0 Å². The minimum atomic E-state index is 0.728.